The molecule has 0 saturated heterocycles. The highest BCUT2D eigenvalue weighted by atomic mass is 16.3. The average Bonchev–Trinajstić information content (AvgIpc) is 3.07. The highest BCUT2D eigenvalue weighted by Gasteiger charge is 2.59. The summed E-state index contributed by atoms with van der Waals surface area (Å²) in [6, 6.07) is 0. The van der Waals surface area contributed by atoms with Crippen LogP contribution in [0.3, 0.4) is 0 Å². The van der Waals surface area contributed by atoms with Gasteiger partial charge < -0.3 is 5.11 Å². The average molecular weight is 429 g/mol. The van der Waals surface area contributed by atoms with E-state index in [1.54, 1.807) is 0 Å². The summed E-state index contributed by atoms with van der Waals surface area (Å²) >= 11 is 0. The molecule has 9 atom stereocenters. The largest absolute Gasteiger partial charge is 0.393 e. The van der Waals surface area contributed by atoms with Crippen LogP contribution in [0.5, 0.6) is 0 Å². The van der Waals surface area contributed by atoms with Crippen molar-refractivity contribution >= 4 is 0 Å². The monoisotopic (exact) mass is 428 g/mol. The Balaban J connectivity index is 1.62. The Morgan fingerprint density at radius 3 is 2.45 bits per heavy atom. The molecule has 31 heavy (non-hydrogen) atoms. The molecule has 1 nitrogen and oxygen atoms in total. The van der Waals surface area contributed by atoms with Gasteiger partial charge in [-0.25, -0.2) is 0 Å². The third-order valence-corrected chi connectivity index (χ3v) is 11.3. The van der Waals surface area contributed by atoms with Gasteiger partial charge in [0.05, 0.1) is 6.10 Å². The van der Waals surface area contributed by atoms with Crippen LogP contribution in [0, 0.1) is 52.3 Å². The molecule has 178 valence electrons. The van der Waals surface area contributed by atoms with Gasteiger partial charge in [0.15, 0.2) is 0 Å². The predicted molar refractivity (Wildman–Crippen MR) is 133 cm³/mol. The summed E-state index contributed by atoms with van der Waals surface area (Å²) in [6.45, 7) is 17.4. The quantitative estimate of drug-likeness (QED) is 0.421. The van der Waals surface area contributed by atoms with Crippen molar-refractivity contribution in [2.24, 2.45) is 52.3 Å². The van der Waals surface area contributed by atoms with Gasteiger partial charge in [0, 0.05) is 0 Å². The summed E-state index contributed by atoms with van der Waals surface area (Å²) in [6.07, 6.45) is 14.7. The first-order valence-electron chi connectivity index (χ1n) is 14.0. The molecule has 0 aliphatic heterocycles. The molecule has 3 saturated carbocycles. The number of fused-ring (bicyclic) bond motifs is 4. The smallest absolute Gasteiger partial charge is 0.0568 e. The van der Waals surface area contributed by atoms with Crippen molar-refractivity contribution in [3.05, 3.63) is 11.1 Å². The van der Waals surface area contributed by atoms with Gasteiger partial charge in [-0.3, -0.25) is 0 Å². The molecule has 4 aliphatic rings. The van der Waals surface area contributed by atoms with Crippen molar-refractivity contribution in [2.45, 2.75) is 125 Å². The van der Waals surface area contributed by atoms with E-state index >= 15 is 0 Å². The van der Waals surface area contributed by atoms with E-state index in [9.17, 15) is 5.11 Å². The van der Waals surface area contributed by atoms with Gasteiger partial charge >= 0.3 is 0 Å². The van der Waals surface area contributed by atoms with E-state index in [0.717, 1.165) is 36.0 Å². The number of rotatable bonds is 6. The lowest BCUT2D eigenvalue weighted by Gasteiger charge is -2.61. The molecule has 0 bridgehead atoms. The first-order valence-corrected chi connectivity index (χ1v) is 14.0. The number of allylic oxidation sites excluding steroid dienone is 2. The van der Waals surface area contributed by atoms with E-state index in [-0.39, 0.29) is 6.10 Å². The molecule has 3 fully saturated rings. The van der Waals surface area contributed by atoms with E-state index in [2.05, 4.69) is 48.5 Å². The Morgan fingerprint density at radius 2 is 1.77 bits per heavy atom. The number of hydrogen-bond acceptors (Lipinski definition) is 1. The molecule has 0 aromatic carbocycles. The highest BCUT2D eigenvalue weighted by Crippen LogP contribution is 2.67. The highest BCUT2D eigenvalue weighted by molar-refractivity contribution is 5.35. The number of aliphatic hydroxyl groups excluding tert-OH is 1. The zero-order chi connectivity index (χ0) is 22.6. The minimum atomic E-state index is -0.0715. The Bertz CT molecular complexity index is 676. The zero-order valence-corrected chi connectivity index (χ0v) is 21.8. The van der Waals surface area contributed by atoms with E-state index in [0.29, 0.717) is 22.7 Å². The summed E-state index contributed by atoms with van der Waals surface area (Å²) in [5, 5.41) is 10.7. The summed E-state index contributed by atoms with van der Waals surface area (Å²) in [5.41, 5.74) is 4.76. The summed E-state index contributed by atoms with van der Waals surface area (Å²) in [7, 11) is 0. The topological polar surface area (TPSA) is 20.2 Å². The fourth-order valence-electron chi connectivity index (χ4n) is 9.69. The van der Waals surface area contributed by atoms with Crippen LogP contribution < -0.4 is 0 Å². The van der Waals surface area contributed by atoms with Gasteiger partial charge in [-0.2, -0.15) is 0 Å². The summed E-state index contributed by atoms with van der Waals surface area (Å²) < 4.78 is 0. The molecule has 4 rings (SSSR count). The first kappa shape index (κ1) is 23.8. The maximum absolute atomic E-state index is 10.7. The fraction of sp³-hybridized carbons (Fsp3) is 0.933. The minimum Gasteiger partial charge on any atom is -0.393 e. The zero-order valence-electron chi connectivity index (χ0n) is 21.8. The first-order chi connectivity index (χ1) is 14.6. The summed E-state index contributed by atoms with van der Waals surface area (Å²) in [5.74, 6) is 5.38. The van der Waals surface area contributed by atoms with Crippen molar-refractivity contribution in [3.8, 4) is 0 Å². The van der Waals surface area contributed by atoms with Crippen molar-refractivity contribution in [2.75, 3.05) is 0 Å². The molecule has 0 heterocycles. The second-order valence-corrected chi connectivity index (χ2v) is 13.3. The molecular weight excluding hydrogens is 376 g/mol. The normalized spacial score (nSPS) is 46.0. The van der Waals surface area contributed by atoms with Crippen LogP contribution in [-0.2, 0) is 0 Å². The van der Waals surface area contributed by atoms with E-state index in [1.165, 1.54) is 64.2 Å². The maximum Gasteiger partial charge on any atom is 0.0568 e. The van der Waals surface area contributed by atoms with Gasteiger partial charge in [-0.15, -0.1) is 0 Å². The van der Waals surface area contributed by atoms with E-state index in [4.69, 9.17) is 0 Å². The minimum absolute atomic E-state index is 0.0715. The second-order valence-electron chi connectivity index (χ2n) is 13.3. The molecule has 1 N–H and O–H groups in total. The van der Waals surface area contributed by atoms with E-state index in [1.807, 2.05) is 11.1 Å². The molecule has 1 unspecified atom stereocenters. The van der Waals surface area contributed by atoms with Gasteiger partial charge in [0.25, 0.3) is 0 Å². The Morgan fingerprint density at radius 1 is 1.03 bits per heavy atom. The number of aliphatic hydroxyl groups is 1. The summed E-state index contributed by atoms with van der Waals surface area (Å²) in [4.78, 5) is 0. The van der Waals surface area contributed by atoms with Crippen LogP contribution in [-0.4, -0.2) is 11.2 Å². The SMILES string of the molecule is CC[C@H]1CC2=C3CC[C@H]([C@H](C)CCCC(C)C)[C@@]3(C)CC[C@@H]2[C@@]2(C)CC[C@H](O)[C@H](C)C12. The van der Waals surface area contributed by atoms with Crippen molar-refractivity contribution in [3.63, 3.8) is 0 Å². The molecule has 1 heteroatoms. The van der Waals surface area contributed by atoms with Crippen LogP contribution in [0.4, 0.5) is 0 Å². The van der Waals surface area contributed by atoms with Gasteiger partial charge in [-0.05, 0) is 97.2 Å². The molecule has 0 aromatic heterocycles. The third kappa shape index (κ3) is 3.87. The predicted octanol–water partition coefficient (Wildman–Crippen LogP) is 8.41. The molecule has 0 amide bonds. The lowest BCUT2D eigenvalue weighted by Crippen LogP contribution is -2.54. The Hall–Kier alpha value is -0.300. The maximum atomic E-state index is 10.7. The van der Waals surface area contributed by atoms with Crippen molar-refractivity contribution in [1.29, 1.82) is 0 Å². The van der Waals surface area contributed by atoms with Crippen LogP contribution >= 0.6 is 0 Å². The molecule has 4 aliphatic carbocycles. The second kappa shape index (κ2) is 8.81. The third-order valence-electron chi connectivity index (χ3n) is 11.3. The molecule has 0 radical (unpaired) electrons. The lowest BCUT2D eigenvalue weighted by molar-refractivity contribution is -0.104. The fourth-order valence-corrected chi connectivity index (χ4v) is 9.69. The Labute approximate surface area is 193 Å². The standard InChI is InChI=1S/C30H52O/c1-8-22-18-23-25-13-12-24(20(4)11-9-10-19(2)3)29(25,6)16-14-26(23)30(7)17-15-27(31)21(5)28(22)30/h19-22,24,26-28,31H,8-18H2,1-7H3/t20-,21+,22+,24-,26+,27+,28?,29-,30-/m1/s1. The Kier molecular flexibility index (Phi) is 6.78. The molecule has 0 aromatic rings. The van der Waals surface area contributed by atoms with Crippen LogP contribution in [0.25, 0.3) is 0 Å². The van der Waals surface area contributed by atoms with Crippen LogP contribution in [0.2, 0.25) is 0 Å². The number of hydrogen-bond donors (Lipinski definition) is 1. The van der Waals surface area contributed by atoms with Gasteiger partial charge in [0.2, 0.25) is 0 Å². The molecule has 0 spiro atoms. The van der Waals surface area contributed by atoms with Crippen molar-refractivity contribution in [1.82, 2.24) is 0 Å². The molecular formula is C30H52O. The van der Waals surface area contributed by atoms with Crippen LogP contribution in [0.1, 0.15) is 119 Å². The van der Waals surface area contributed by atoms with Crippen LogP contribution in [0.15, 0.2) is 11.1 Å². The van der Waals surface area contributed by atoms with Gasteiger partial charge in [0.1, 0.15) is 0 Å². The van der Waals surface area contributed by atoms with E-state index < -0.39 is 0 Å². The lowest BCUT2D eigenvalue weighted by atomic mass is 9.44. The van der Waals surface area contributed by atoms with Crippen molar-refractivity contribution < 1.29 is 5.11 Å². The van der Waals surface area contributed by atoms with Gasteiger partial charge in [-0.1, -0.05) is 85.3 Å².